The summed E-state index contributed by atoms with van der Waals surface area (Å²) >= 11 is 0. The van der Waals surface area contributed by atoms with Gasteiger partial charge in [-0.1, -0.05) is 205 Å². The third-order valence-electron chi connectivity index (χ3n) is 10.1. The fourth-order valence-corrected chi connectivity index (χ4v) is 7.28. The van der Waals surface area contributed by atoms with Crippen molar-refractivity contribution in [2.75, 3.05) is 0 Å². The lowest BCUT2D eigenvalue weighted by molar-refractivity contribution is -0.730. The number of H-pyrrole nitrogens is 1. The Kier molecular flexibility index (Phi) is 25.3. The van der Waals surface area contributed by atoms with E-state index in [1.165, 1.54) is 192 Å². The largest absolute Gasteiger partial charge is 0.250 e. The molecule has 44 heavy (non-hydrogen) atoms. The normalized spacial score (nSPS) is 13.0. The third-order valence-corrected chi connectivity index (χ3v) is 10.1. The van der Waals surface area contributed by atoms with Gasteiger partial charge in [-0.2, -0.15) is 0 Å². The predicted molar refractivity (Wildman–Crippen MR) is 194 cm³/mol. The average Bonchev–Trinajstić information content (AvgIpc) is 3.58. The van der Waals surface area contributed by atoms with Crippen LogP contribution in [0.25, 0.3) is 0 Å². The molecule has 2 atom stereocenters. The van der Waals surface area contributed by atoms with Crippen molar-refractivity contribution in [3.63, 3.8) is 0 Å². The minimum Gasteiger partial charge on any atom is -0.250 e. The summed E-state index contributed by atoms with van der Waals surface area (Å²) in [5.74, 6) is 0.711. The SMILES string of the molecule is CCCCCCCCCCCCCCCCCC(Cc1ccccc1)C(CCCCCCCCCCCCC)[n+]1cc[nH]c1. The van der Waals surface area contributed by atoms with Gasteiger partial charge in [0.05, 0.1) is 0 Å². The van der Waals surface area contributed by atoms with Crippen LogP contribution in [-0.4, -0.2) is 4.98 Å². The van der Waals surface area contributed by atoms with Gasteiger partial charge in [0.1, 0.15) is 18.4 Å². The maximum Gasteiger partial charge on any atom is 0.241 e. The highest BCUT2D eigenvalue weighted by Crippen LogP contribution is 2.29. The maximum atomic E-state index is 3.36. The van der Waals surface area contributed by atoms with Gasteiger partial charge in [-0.3, -0.25) is 4.98 Å². The number of nitrogens with one attached hydrogen (secondary N) is 1. The Morgan fingerprint density at radius 2 is 0.909 bits per heavy atom. The number of aromatic nitrogens is 2. The summed E-state index contributed by atoms with van der Waals surface area (Å²) in [6, 6.07) is 11.9. The molecule has 1 N–H and O–H groups in total. The highest BCUT2D eigenvalue weighted by Gasteiger charge is 2.26. The molecule has 2 aromatic rings. The van der Waals surface area contributed by atoms with Crippen LogP contribution < -0.4 is 4.57 Å². The van der Waals surface area contributed by atoms with Crippen molar-refractivity contribution in [1.29, 1.82) is 0 Å². The molecule has 0 bridgehead atoms. The van der Waals surface area contributed by atoms with E-state index in [4.69, 9.17) is 0 Å². The quantitative estimate of drug-likeness (QED) is 0.0630. The number of hydrogen-bond donors (Lipinski definition) is 1. The van der Waals surface area contributed by atoms with Crippen molar-refractivity contribution in [1.82, 2.24) is 4.98 Å². The first-order chi connectivity index (χ1) is 21.8. The predicted octanol–water partition coefficient (Wildman–Crippen LogP) is 13.7. The maximum absolute atomic E-state index is 3.36. The highest BCUT2D eigenvalue weighted by molar-refractivity contribution is 5.15. The monoisotopic (exact) mass is 608 g/mol. The highest BCUT2D eigenvalue weighted by atomic mass is 15.1. The van der Waals surface area contributed by atoms with E-state index in [0.717, 1.165) is 0 Å². The fourth-order valence-electron chi connectivity index (χ4n) is 7.28. The molecule has 0 saturated carbocycles. The Morgan fingerprint density at radius 3 is 1.32 bits per heavy atom. The lowest BCUT2D eigenvalue weighted by Crippen LogP contribution is -2.42. The van der Waals surface area contributed by atoms with Crippen molar-refractivity contribution in [3.05, 3.63) is 54.6 Å². The second kappa shape index (κ2) is 28.9. The Morgan fingerprint density at radius 1 is 0.500 bits per heavy atom. The number of imidazole rings is 1. The molecule has 0 radical (unpaired) electrons. The summed E-state index contributed by atoms with van der Waals surface area (Å²) in [4.78, 5) is 3.36. The summed E-state index contributed by atoms with van der Waals surface area (Å²) in [5.41, 5.74) is 1.51. The molecule has 1 heterocycles. The van der Waals surface area contributed by atoms with Crippen LogP contribution in [0.2, 0.25) is 0 Å². The van der Waals surface area contributed by atoms with Gasteiger partial charge in [-0.15, -0.1) is 0 Å². The van der Waals surface area contributed by atoms with Gasteiger partial charge in [-0.25, -0.2) is 4.57 Å². The van der Waals surface area contributed by atoms with Crippen LogP contribution in [0, 0.1) is 5.92 Å². The van der Waals surface area contributed by atoms with Gasteiger partial charge in [0.2, 0.25) is 6.33 Å². The van der Waals surface area contributed by atoms with E-state index in [9.17, 15) is 0 Å². The van der Waals surface area contributed by atoms with Crippen LogP contribution in [0.3, 0.4) is 0 Å². The first kappa shape index (κ1) is 38.6. The number of unbranched alkanes of at least 4 members (excludes halogenated alkanes) is 24. The second-order valence-corrected chi connectivity index (χ2v) is 14.1. The lowest BCUT2D eigenvalue weighted by atomic mass is 9.84. The summed E-state index contributed by atoms with van der Waals surface area (Å²) in [6.45, 7) is 4.62. The van der Waals surface area contributed by atoms with Crippen LogP contribution in [0.15, 0.2) is 49.1 Å². The number of aromatic amines is 1. The Labute approximate surface area is 275 Å². The van der Waals surface area contributed by atoms with E-state index in [1.54, 1.807) is 0 Å². The van der Waals surface area contributed by atoms with Crippen molar-refractivity contribution in [2.24, 2.45) is 5.92 Å². The van der Waals surface area contributed by atoms with E-state index in [0.29, 0.717) is 12.0 Å². The first-order valence-electron chi connectivity index (χ1n) is 19.9. The van der Waals surface area contributed by atoms with Crippen LogP contribution in [-0.2, 0) is 6.42 Å². The van der Waals surface area contributed by atoms with Crippen LogP contribution in [0.1, 0.15) is 205 Å². The van der Waals surface area contributed by atoms with Gasteiger partial charge in [0, 0.05) is 5.92 Å². The Balaban J connectivity index is 1.67. The molecule has 1 aromatic heterocycles. The van der Waals surface area contributed by atoms with Gasteiger partial charge < -0.3 is 0 Å². The van der Waals surface area contributed by atoms with E-state index < -0.39 is 0 Å². The Hall–Kier alpha value is -1.57. The molecule has 2 unspecified atom stereocenters. The summed E-state index contributed by atoms with van der Waals surface area (Å²) in [5, 5.41) is 0. The summed E-state index contributed by atoms with van der Waals surface area (Å²) in [7, 11) is 0. The zero-order valence-corrected chi connectivity index (χ0v) is 29.7. The van der Waals surface area contributed by atoms with Crippen molar-refractivity contribution < 1.29 is 4.57 Å². The molecule has 0 amide bonds. The molecule has 0 spiro atoms. The van der Waals surface area contributed by atoms with Crippen LogP contribution >= 0.6 is 0 Å². The summed E-state index contributed by atoms with van der Waals surface area (Å²) < 4.78 is 2.51. The molecular formula is C42H75N2+. The number of rotatable bonds is 32. The number of nitrogens with zero attached hydrogens (tertiary/aromatic N) is 1. The molecule has 0 aliphatic rings. The van der Waals surface area contributed by atoms with E-state index in [2.05, 4.69) is 72.5 Å². The molecule has 0 saturated heterocycles. The fraction of sp³-hybridized carbons (Fsp3) is 0.786. The molecule has 0 aliphatic heterocycles. The lowest BCUT2D eigenvalue weighted by Gasteiger charge is -2.25. The van der Waals surface area contributed by atoms with E-state index in [1.807, 2.05) is 0 Å². The molecule has 0 fully saturated rings. The zero-order valence-electron chi connectivity index (χ0n) is 29.7. The topological polar surface area (TPSA) is 19.7 Å². The second-order valence-electron chi connectivity index (χ2n) is 14.1. The molecule has 2 heteroatoms. The molecular weight excluding hydrogens is 532 g/mol. The number of hydrogen-bond acceptors (Lipinski definition) is 0. The average molecular weight is 608 g/mol. The molecule has 0 aliphatic carbocycles. The van der Waals surface area contributed by atoms with Crippen LogP contribution in [0.4, 0.5) is 0 Å². The van der Waals surface area contributed by atoms with E-state index in [-0.39, 0.29) is 0 Å². The molecule has 2 nitrogen and oxygen atoms in total. The smallest absolute Gasteiger partial charge is 0.241 e. The first-order valence-corrected chi connectivity index (χ1v) is 19.9. The van der Waals surface area contributed by atoms with Gasteiger partial charge >= 0.3 is 0 Å². The Bertz CT molecular complexity index is 814. The van der Waals surface area contributed by atoms with Gasteiger partial charge in [0.25, 0.3) is 0 Å². The molecule has 252 valence electrons. The molecule has 2 rings (SSSR count). The van der Waals surface area contributed by atoms with Gasteiger partial charge in [-0.05, 0) is 31.2 Å². The van der Waals surface area contributed by atoms with E-state index >= 15 is 0 Å². The van der Waals surface area contributed by atoms with Crippen LogP contribution in [0.5, 0.6) is 0 Å². The minimum absolute atomic E-state index is 0.603. The number of benzene rings is 1. The summed E-state index contributed by atoms with van der Waals surface area (Å²) in [6.07, 6.45) is 47.7. The third kappa shape index (κ3) is 20.5. The zero-order chi connectivity index (χ0) is 31.2. The minimum atomic E-state index is 0.603. The van der Waals surface area contributed by atoms with Crippen molar-refractivity contribution >= 4 is 0 Å². The molecule has 1 aromatic carbocycles. The van der Waals surface area contributed by atoms with Crippen molar-refractivity contribution in [2.45, 2.75) is 206 Å². The standard InChI is InChI=1S/C42H74N2/c1-3-5-7-9-11-13-15-16-17-18-20-21-23-25-30-34-41(38-40-32-28-27-29-33-40)42(44-37-36-43-39-44)35-31-26-24-22-19-14-12-10-8-6-4-2/h27-29,32-33,36-37,39,41-42H,3-26,30-31,34-35,38H2,1-2H3/p+1. The van der Waals surface area contributed by atoms with Crippen molar-refractivity contribution in [3.8, 4) is 0 Å². The van der Waals surface area contributed by atoms with Gasteiger partial charge in [0.15, 0.2) is 0 Å².